The van der Waals surface area contributed by atoms with Crippen LogP contribution in [0.5, 0.6) is 0 Å². The van der Waals surface area contributed by atoms with Crippen molar-refractivity contribution in [2.75, 3.05) is 6.61 Å². The number of aliphatic hydroxyl groups excluding tert-OH is 2. The fourth-order valence-corrected chi connectivity index (χ4v) is 1.98. The van der Waals surface area contributed by atoms with Crippen LogP contribution < -0.4 is 0 Å². The van der Waals surface area contributed by atoms with Gasteiger partial charge < -0.3 is 10.2 Å². The summed E-state index contributed by atoms with van der Waals surface area (Å²) in [6.07, 6.45) is -0.733. The summed E-state index contributed by atoms with van der Waals surface area (Å²) in [6.45, 7) is 8.36. The molecule has 0 bridgehead atoms. The Morgan fingerprint density at radius 2 is 1.93 bits per heavy atom. The van der Waals surface area contributed by atoms with E-state index < -0.39 is 6.10 Å². The number of hydrogen-bond acceptors (Lipinski definition) is 3. The van der Waals surface area contributed by atoms with E-state index in [9.17, 15) is 5.11 Å². The Morgan fingerprint density at radius 1 is 1.33 bits per heavy atom. The van der Waals surface area contributed by atoms with E-state index in [-0.39, 0.29) is 6.61 Å². The maximum atomic E-state index is 9.36. The molecule has 0 aliphatic heterocycles. The molecule has 15 heavy (non-hydrogen) atoms. The molecule has 0 saturated heterocycles. The molecular weight excluding hydrogens is 192 g/mol. The molecule has 0 fully saturated rings. The molecule has 1 aromatic rings. The van der Waals surface area contributed by atoms with Crippen molar-refractivity contribution >= 4 is 0 Å². The third kappa shape index (κ3) is 2.58. The number of hydrogen-bond donors (Lipinski definition) is 2. The van der Waals surface area contributed by atoms with Crippen LogP contribution >= 0.6 is 0 Å². The largest absolute Gasteiger partial charge is 0.394 e. The Bertz CT molecular complexity index is 332. The predicted octanol–water partition coefficient (Wildman–Crippen LogP) is 0.977. The molecular formula is C11H20N2O2. The monoisotopic (exact) mass is 212 g/mol. The van der Waals surface area contributed by atoms with E-state index in [1.54, 1.807) is 4.68 Å². The van der Waals surface area contributed by atoms with Crippen molar-refractivity contribution in [3.8, 4) is 0 Å². The van der Waals surface area contributed by atoms with Crippen molar-refractivity contribution in [1.82, 2.24) is 9.78 Å². The molecule has 0 aromatic carbocycles. The molecule has 4 heteroatoms. The lowest BCUT2D eigenvalue weighted by molar-refractivity contribution is 0.0776. The predicted molar refractivity (Wildman–Crippen MR) is 58.9 cm³/mol. The number of aliphatic hydroxyl groups is 2. The molecule has 0 spiro atoms. The average molecular weight is 212 g/mol. The van der Waals surface area contributed by atoms with E-state index in [0.29, 0.717) is 12.5 Å². The molecule has 1 atom stereocenters. The molecule has 2 N–H and O–H groups in total. The standard InChI is InChI=1S/C11H20N2O2/c1-7(2)11-8(3)12-13(9(11)4)5-10(15)6-14/h7,10,14-15H,5-6H2,1-4H3. The van der Waals surface area contributed by atoms with E-state index in [4.69, 9.17) is 5.11 Å². The zero-order chi connectivity index (χ0) is 11.6. The van der Waals surface area contributed by atoms with Crippen LogP contribution in [-0.2, 0) is 6.54 Å². The van der Waals surface area contributed by atoms with E-state index in [0.717, 1.165) is 11.4 Å². The lowest BCUT2D eigenvalue weighted by atomic mass is 10.0. The minimum absolute atomic E-state index is 0.227. The molecule has 1 aromatic heterocycles. The zero-order valence-corrected chi connectivity index (χ0v) is 9.86. The highest BCUT2D eigenvalue weighted by molar-refractivity contribution is 5.27. The summed E-state index contributed by atoms with van der Waals surface area (Å²) in [6, 6.07) is 0. The topological polar surface area (TPSA) is 58.3 Å². The smallest absolute Gasteiger partial charge is 0.0966 e. The fourth-order valence-electron chi connectivity index (χ4n) is 1.98. The van der Waals surface area contributed by atoms with Gasteiger partial charge in [0.2, 0.25) is 0 Å². The zero-order valence-electron chi connectivity index (χ0n) is 9.86. The van der Waals surface area contributed by atoms with Crippen LogP contribution in [0.15, 0.2) is 0 Å². The fraction of sp³-hybridized carbons (Fsp3) is 0.727. The molecule has 4 nitrogen and oxygen atoms in total. The lowest BCUT2D eigenvalue weighted by Crippen LogP contribution is -2.21. The molecule has 86 valence electrons. The second-order valence-corrected chi connectivity index (χ2v) is 4.26. The van der Waals surface area contributed by atoms with Crippen LogP contribution in [0.25, 0.3) is 0 Å². The third-order valence-electron chi connectivity index (χ3n) is 2.61. The van der Waals surface area contributed by atoms with E-state index in [1.807, 2.05) is 13.8 Å². The first-order chi connectivity index (χ1) is 6.97. The first-order valence-corrected chi connectivity index (χ1v) is 5.30. The van der Waals surface area contributed by atoms with Crippen LogP contribution in [0.1, 0.15) is 36.7 Å². The Kier molecular flexibility index (Phi) is 3.88. The van der Waals surface area contributed by atoms with Gasteiger partial charge in [0.1, 0.15) is 0 Å². The van der Waals surface area contributed by atoms with E-state index in [2.05, 4.69) is 18.9 Å². The van der Waals surface area contributed by atoms with Gasteiger partial charge in [0.05, 0.1) is 24.9 Å². The first-order valence-electron chi connectivity index (χ1n) is 5.30. The molecule has 0 aliphatic rings. The summed E-state index contributed by atoms with van der Waals surface area (Å²) >= 11 is 0. The highest BCUT2D eigenvalue weighted by atomic mass is 16.3. The molecule has 0 saturated carbocycles. The number of rotatable bonds is 4. The van der Waals surface area contributed by atoms with Gasteiger partial charge >= 0.3 is 0 Å². The number of nitrogens with zero attached hydrogens (tertiary/aromatic N) is 2. The van der Waals surface area contributed by atoms with Crippen LogP contribution in [0.4, 0.5) is 0 Å². The van der Waals surface area contributed by atoms with Gasteiger partial charge in [0, 0.05) is 5.69 Å². The Hall–Kier alpha value is -0.870. The van der Waals surface area contributed by atoms with Crippen LogP contribution in [0.2, 0.25) is 0 Å². The maximum absolute atomic E-state index is 9.36. The third-order valence-corrected chi connectivity index (χ3v) is 2.61. The Balaban J connectivity index is 2.96. The highest BCUT2D eigenvalue weighted by Gasteiger charge is 2.15. The molecule has 1 heterocycles. The summed E-state index contributed by atoms with van der Waals surface area (Å²) in [5, 5.41) is 22.5. The maximum Gasteiger partial charge on any atom is 0.0966 e. The van der Waals surface area contributed by atoms with Crippen molar-refractivity contribution in [2.45, 2.75) is 46.3 Å². The van der Waals surface area contributed by atoms with Crippen molar-refractivity contribution < 1.29 is 10.2 Å². The van der Waals surface area contributed by atoms with Gasteiger partial charge in [-0.25, -0.2) is 0 Å². The van der Waals surface area contributed by atoms with E-state index >= 15 is 0 Å². The van der Waals surface area contributed by atoms with Crippen molar-refractivity contribution in [3.05, 3.63) is 17.0 Å². The molecule has 1 rings (SSSR count). The summed E-state index contributed by atoms with van der Waals surface area (Å²) in [4.78, 5) is 0. The van der Waals surface area contributed by atoms with Crippen LogP contribution in [0, 0.1) is 13.8 Å². The first kappa shape index (κ1) is 12.2. The summed E-state index contributed by atoms with van der Waals surface area (Å²) in [5.74, 6) is 0.435. The second kappa shape index (κ2) is 4.77. The van der Waals surface area contributed by atoms with Gasteiger partial charge in [-0.2, -0.15) is 5.10 Å². The molecule has 0 aliphatic carbocycles. The summed E-state index contributed by atoms with van der Waals surface area (Å²) in [5.41, 5.74) is 3.32. The van der Waals surface area contributed by atoms with Crippen molar-refractivity contribution in [1.29, 1.82) is 0 Å². The average Bonchev–Trinajstić information content (AvgIpc) is 2.41. The highest BCUT2D eigenvalue weighted by Crippen LogP contribution is 2.22. The van der Waals surface area contributed by atoms with E-state index in [1.165, 1.54) is 5.56 Å². The van der Waals surface area contributed by atoms with Gasteiger partial charge in [-0.1, -0.05) is 13.8 Å². The molecule has 0 amide bonds. The SMILES string of the molecule is Cc1nn(CC(O)CO)c(C)c1C(C)C. The second-order valence-electron chi connectivity index (χ2n) is 4.26. The van der Waals surface area contributed by atoms with Crippen LogP contribution in [0.3, 0.4) is 0 Å². The summed E-state index contributed by atoms with van der Waals surface area (Å²) < 4.78 is 1.77. The lowest BCUT2D eigenvalue weighted by Gasteiger charge is -2.10. The minimum Gasteiger partial charge on any atom is -0.394 e. The van der Waals surface area contributed by atoms with Crippen molar-refractivity contribution in [3.63, 3.8) is 0 Å². The van der Waals surface area contributed by atoms with Gasteiger partial charge in [0.25, 0.3) is 0 Å². The molecule has 0 radical (unpaired) electrons. The van der Waals surface area contributed by atoms with Gasteiger partial charge in [-0.15, -0.1) is 0 Å². The normalized spacial score (nSPS) is 13.5. The quantitative estimate of drug-likeness (QED) is 0.782. The number of aromatic nitrogens is 2. The van der Waals surface area contributed by atoms with Crippen LogP contribution in [-0.4, -0.2) is 32.7 Å². The molecule has 1 unspecified atom stereocenters. The van der Waals surface area contributed by atoms with Crippen molar-refractivity contribution in [2.24, 2.45) is 0 Å². The Labute approximate surface area is 90.5 Å². The number of aryl methyl sites for hydroxylation is 1. The Morgan fingerprint density at radius 3 is 2.33 bits per heavy atom. The summed E-state index contributed by atoms with van der Waals surface area (Å²) in [7, 11) is 0. The minimum atomic E-state index is -0.733. The van der Waals surface area contributed by atoms with Gasteiger partial charge in [-0.3, -0.25) is 4.68 Å². The van der Waals surface area contributed by atoms with Gasteiger partial charge in [-0.05, 0) is 25.3 Å². The van der Waals surface area contributed by atoms with Gasteiger partial charge in [0.15, 0.2) is 0 Å².